The minimum Gasteiger partial charge on any atom is -0.327 e. The third kappa shape index (κ3) is 2.25. The fraction of sp³-hybridized carbons (Fsp3) is 1.00. The Balaban J connectivity index is 1.83. The molecule has 2 aliphatic rings. The third-order valence-corrected chi connectivity index (χ3v) is 4.14. The lowest BCUT2D eigenvalue weighted by atomic mass is 9.78. The molecule has 2 rings (SSSR count). The van der Waals surface area contributed by atoms with Crippen LogP contribution >= 0.6 is 0 Å². The second kappa shape index (κ2) is 4.45. The second-order valence-electron chi connectivity index (χ2n) is 5.02. The van der Waals surface area contributed by atoms with Crippen molar-refractivity contribution < 1.29 is 0 Å². The Hall–Kier alpha value is -0.0400. The molecule has 2 aliphatic carbocycles. The summed E-state index contributed by atoms with van der Waals surface area (Å²) in [5, 5.41) is 0. The zero-order valence-corrected chi connectivity index (χ0v) is 8.67. The molecule has 2 N–H and O–H groups in total. The predicted molar refractivity (Wildman–Crippen MR) is 56.5 cm³/mol. The van der Waals surface area contributed by atoms with Gasteiger partial charge in [-0.1, -0.05) is 32.1 Å². The van der Waals surface area contributed by atoms with E-state index in [1.165, 1.54) is 57.8 Å². The summed E-state index contributed by atoms with van der Waals surface area (Å²) < 4.78 is 0. The van der Waals surface area contributed by atoms with Gasteiger partial charge in [0.25, 0.3) is 0 Å². The largest absolute Gasteiger partial charge is 0.327 e. The average Bonchev–Trinajstić information content (AvgIpc) is 2.71. The van der Waals surface area contributed by atoms with Crippen LogP contribution in [0.15, 0.2) is 0 Å². The van der Waals surface area contributed by atoms with E-state index in [1.54, 1.807) is 0 Å². The van der Waals surface area contributed by atoms with E-state index in [1.807, 2.05) is 0 Å². The maximum atomic E-state index is 6.35. The zero-order valence-electron chi connectivity index (χ0n) is 8.67. The van der Waals surface area contributed by atoms with Gasteiger partial charge in [0.15, 0.2) is 0 Å². The molecule has 0 unspecified atom stereocenters. The molecule has 0 saturated heterocycles. The number of rotatable bonds is 2. The van der Waals surface area contributed by atoms with Crippen LogP contribution in [0.3, 0.4) is 0 Å². The Kier molecular flexibility index (Phi) is 3.26. The molecule has 76 valence electrons. The van der Waals surface area contributed by atoms with Crippen molar-refractivity contribution in [2.75, 3.05) is 0 Å². The van der Waals surface area contributed by atoms with E-state index in [0.29, 0.717) is 6.04 Å². The molecular formula is C12H23N. The molecule has 1 heteroatoms. The Labute approximate surface area is 82.1 Å². The molecule has 0 radical (unpaired) electrons. The van der Waals surface area contributed by atoms with Crippen LogP contribution in [0.4, 0.5) is 0 Å². The number of hydrogen-bond acceptors (Lipinski definition) is 1. The Morgan fingerprint density at radius 2 is 1.08 bits per heavy atom. The highest BCUT2D eigenvalue weighted by atomic mass is 14.7. The molecule has 0 bridgehead atoms. The molecule has 0 aromatic carbocycles. The van der Waals surface area contributed by atoms with E-state index >= 15 is 0 Å². The molecule has 0 heterocycles. The number of nitrogens with two attached hydrogens (primary N) is 1. The van der Waals surface area contributed by atoms with Gasteiger partial charge in [0, 0.05) is 6.04 Å². The van der Waals surface area contributed by atoms with Gasteiger partial charge in [-0.3, -0.25) is 0 Å². The SMILES string of the molecule is N[C@H](C1CCCCC1)C1CCCC1. The fourth-order valence-electron chi connectivity index (χ4n) is 3.25. The second-order valence-corrected chi connectivity index (χ2v) is 5.02. The minimum absolute atomic E-state index is 0.544. The molecule has 1 atom stereocenters. The molecule has 2 fully saturated rings. The van der Waals surface area contributed by atoms with Crippen molar-refractivity contribution in [3.05, 3.63) is 0 Å². The first-order valence-electron chi connectivity index (χ1n) is 6.13. The first-order valence-corrected chi connectivity index (χ1v) is 6.13. The molecule has 0 aromatic rings. The first kappa shape index (κ1) is 9.51. The highest BCUT2D eigenvalue weighted by Gasteiger charge is 2.29. The van der Waals surface area contributed by atoms with E-state index in [0.717, 1.165) is 11.8 Å². The standard InChI is InChI=1S/C12H23N/c13-12(11-8-4-5-9-11)10-6-2-1-3-7-10/h10-12H,1-9,13H2/t12-/m1/s1. The van der Waals surface area contributed by atoms with Gasteiger partial charge < -0.3 is 5.73 Å². The van der Waals surface area contributed by atoms with Gasteiger partial charge in [-0.05, 0) is 37.5 Å². The third-order valence-electron chi connectivity index (χ3n) is 4.14. The molecule has 0 aromatic heterocycles. The smallest absolute Gasteiger partial charge is 0.00956 e. The molecule has 2 saturated carbocycles. The van der Waals surface area contributed by atoms with Gasteiger partial charge in [-0.15, -0.1) is 0 Å². The highest BCUT2D eigenvalue weighted by Crippen LogP contribution is 2.35. The molecule has 0 spiro atoms. The van der Waals surface area contributed by atoms with Crippen molar-refractivity contribution in [1.29, 1.82) is 0 Å². The predicted octanol–water partition coefficient (Wildman–Crippen LogP) is 3.08. The van der Waals surface area contributed by atoms with E-state index < -0.39 is 0 Å². The van der Waals surface area contributed by atoms with Crippen LogP contribution in [-0.4, -0.2) is 6.04 Å². The van der Waals surface area contributed by atoms with Crippen LogP contribution in [0.2, 0.25) is 0 Å². The lowest BCUT2D eigenvalue weighted by molar-refractivity contribution is 0.245. The topological polar surface area (TPSA) is 26.0 Å². The number of hydrogen-bond donors (Lipinski definition) is 1. The summed E-state index contributed by atoms with van der Waals surface area (Å²) in [4.78, 5) is 0. The summed E-state index contributed by atoms with van der Waals surface area (Å²) in [5.41, 5.74) is 6.35. The van der Waals surface area contributed by atoms with Crippen LogP contribution in [0.1, 0.15) is 57.8 Å². The van der Waals surface area contributed by atoms with Gasteiger partial charge in [0.05, 0.1) is 0 Å². The van der Waals surface area contributed by atoms with Gasteiger partial charge in [-0.2, -0.15) is 0 Å². The van der Waals surface area contributed by atoms with Crippen molar-refractivity contribution in [3.8, 4) is 0 Å². The molecule has 0 aliphatic heterocycles. The van der Waals surface area contributed by atoms with E-state index in [-0.39, 0.29) is 0 Å². The van der Waals surface area contributed by atoms with E-state index in [4.69, 9.17) is 5.73 Å². The van der Waals surface area contributed by atoms with Crippen LogP contribution in [0, 0.1) is 11.8 Å². The van der Waals surface area contributed by atoms with Crippen molar-refractivity contribution in [2.24, 2.45) is 17.6 Å². The summed E-state index contributed by atoms with van der Waals surface area (Å²) in [7, 11) is 0. The van der Waals surface area contributed by atoms with Gasteiger partial charge >= 0.3 is 0 Å². The van der Waals surface area contributed by atoms with Crippen molar-refractivity contribution in [1.82, 2.24) is 0 Å². The zero-order chi connectivity index (χ0) is 9.10. The Bertz CT molecular complexity index is 143. The normalized spacial score (nSPS) is 29.3. The summed E-state index contributed by atoms with van der Waals surface area (Å²) in [6.07, 6.45) is 12.9. The summed E-state index contributed by atoms with van der Waals surface area (Å²) in [6.45, 7) is 0. The van der Waals surface area contributed by atoms with Crippen LogP contribution in [0.25, 0.3) is 0 Å². The van der Waals surface area contributed by atoms with Crippen LogP contribution < -0.4 is 5.73 Å². The minimum atomic E-state index is 0.544. The summed E-state index contributed by atoms with van der Waals surface area (Å²) in [6, 6.07) is 0.544. The molecule has 13 heavy (non-hydrogen) atoms. The Morgan fingerprint density at radius 3 is 1.54 bits per heavy atom. The Morgan fingerprint density at radius 1 is 0.692 bits per heavy atom. The molecule has 1 nitrogen and oxygen atoms in total. The fourth-order valence-corrected chi connectivity index (χ4v) is 3.25. The maximum Gasteiger partial charge on any atom is 0.00956 e. The van der Waals surface area contributed by atoms with Crippen molar-refractivity contribution in [2.45, 2.75) is 63.8 Å². The van der Waals surface area contributed by atoms with Crippen molar-refractivity contribution >= 4 is 0 Å². The molecular weight excluding hydrogens is 158 g/mol. The lowest BCUT2D eigenvalue weighted by Crippen LogP contribution is -2.37. The quantitative estimate of drug-likeness (QED) is 0.696. The maximum absolute atomic E-state index is 6.35. The van der Waals surface area contributed by atoms with Crippen LogP contribution in [0.5, 0.6) is 0 Å². The lowest BCUT2D eigenvalue weighted by Gasteiger charge is -2.31. The van der Waals surface area contributed by atoms with Gasteiger partial charge in [0.2, 0.25) is 0 Å². The summed E-state index contributed by atoms with van der Waals surface area (Å²) in [5.74, 6) is 1.75. The van der Waals surface area contributed by atoms with E-state index in [2.05, 4.69) is 0 Å². The first-order chi connectivity index (χ1) is 6.38. The summed E-state index contributed by atoms with van der Waals surface area (Å²) >= 11 is 0. The van der Waals surface area contributed by atoms with Crippen molar-refractivity contribution in [3.63, 3.8) is 0 Å². The monoisotopic (exact) mass is 181 g/mol. The van der Waals surface area contributed by atoms with Gasteiger partial charge in [0.1, 0.15) is 0 Å². The average molecular weight is 181 g/mol. The van der Waals surface area contributed by atoms with Gasteiger partial charge in [-0.25, -0.2) is 0 Å². The molecule has 0 amide bonds. The highest BCUT2D eigenvalue weighted by molar-refractivity contribution is 4.84. The van der Waals surface area contributed by atoms with Crippen LogP contribution in [-0.2, 0) is 0 Å². The van der Waals surface area contributed by atoms with E-state index in [9.17, 15) is 0 Å².